The summed E-state index contributed by atoms with van der Waals surface area (Å²) in [5.41, 5.74) is 4.56. The lowest BCUT2D eigenvalue weighted by atomic mass is 9.70. The van der Waals surface area contributed by atoms with E-state index in [4.69, 9.17) is 16.8 Å². The summed E-state index contributed by atoms with van der Waals surface area (Å²) in [7, 11) is 0. The van der Waals surface area contributed by atoms with E-state index in [0.29, 0.717) is 23.6 Å². The number of fused-ring (bicyclic) bond motifs is 1. The minimum absolute atomic E-state index is 0. The fourth-order valence-electron chi connectivity index (χ4n) is 4.07. The third-order valence-corrected chi connectivity index (χ3v) is 5.69. The van der Waals surface area contributed by atoms with E-state index < -0.39 is 11.3 Å². The highest BCUT2D eigenvalue weighted by atomic mass is 35.5. The van der Waals surface area contributed by atoms with Gasteiger partial charge in [-0.2, -0.15) is 13.5 Å². The summed E-state index contributed by atoms with van der Waals surface area (Å²) in [5, 5.41) is 9.30. The number of nitrogens with one attached hydrogen (secondary N) is 1. The summed E-state index contributed by atoms with van der Waals surface area (Å²) in [6.07, 6.45) is 6.14. The number of aryl methyl sites for hydroxylation is 1. The fraction of sp³-hybridized carbons (Fsp3) is 0.316. The maximum absolute atomic E-state index is 13.2. The quantitative estimate of drug-likeness (QED) is 0.594. The normalized spacial score (nSPS) is 21.0. The molecule has 2 heterocycles. The van der Waals surface area contributed by atoms with Crippen LogP contribution in [0.1, 0.15) is 34.3 Å². The van der Waals surface area contributed by atoms with E-state index in [1.807, 2.05) is 6.07 Å². The van der Waals surface area contributed by atoms with Crippen LogP contribution in [0.25, 0.3) is 0 Å². The molecule has 1 aromatic heterocycles. The molecule has 0 bridgehead atoms. The molecule has 27 heavy (non-hydrogen) atoms. The lowest BCUT2D eigenvalue weighted by Crippen LogP contribution is -2.38. The smallest absolute Gasteiger partial charge is 0.274 e. The van der Waals surface area contributed by atoms with Gasteiger partial charge in [0.1, 0.15) is 0 Å². The summed E-state index contributed by atoms with van der Waals surface area (Å²) in [5.74, 6) is -0.408. The number of carbonyl (C=O) groups excluding carboxylic acids is 2. The number of benzene rings is 1. The van der Waals surface area contributed by atoms with Gasteiger partial charge < -0.3 is 4.90 Å². The molecule has 1 atom stereocenters. The van der Waals surface area contributed by atoms with Crippen LogP contribution in [0.4, 0.5) is 5.69 Å². The molecule has 142 valence electrons. The van der Waals surface area contributed by atoms with Crippen molar-refractivity contribution in [2.75, 3.05) is 11.4 Å². The third-order valence-electron chi connectivity index (χ3n) is 5.49. The summed E-state index contributed by atoms with van der Waals surface area (Å²) in [6.45, 7) is 0.654. The lowest BCUT2D eigenvalue weighted by Gasteiger charge is -2.33. The molecule has 1 aliphatic heterocycles. The van der Waals surface area contributed by atoms with Gasteiger partial charge in [0.15, 0.2) is 0 Å². The van der Waals surface area contributed by atoms with E-state index in [-0.39, 0.29) is 19.4 Å². The number of carbonyl (C=O) groups is 2. The molecular formula is C19H20ClN3O3S. The first-order chi connectivity index (χ1) is 12.5. The molecule has 1 saturated heterocycles. The van der Waals surface area contributed by atoms with Gasteiger partial charge in [-0.3, -0.25) is 19.8 Å². The number of amides is 2. The maximum atomic E-state index is 13.2. The zero-order valence-electron chi connectivity index (χ0n) is 14.5. The Balaban J connectivity index is 0.00000210. The summed E-state index contributed by atoms with van der Waals surface area (Å²) in [6, 6.07) is 7.13. The maximum Gasteiger partial charge on any atom is 0.274 e. The average Bonchev–Trinajstić information content (AvgIpc) is 2.96. The van der Waals surface area contributed by atoms with Crippen molar-refractivity contribution in [1.29, 1.82) is 0 Å². The van der Waals surface area contributed by atoms with Crippen molar-refractivity contribution in [1.82, 2.24) is 10.5 Å². The molecule has 2 N–H and O–H groups in total. The summed E-state index contributed by atoms with van der Waals surface area (Å²) < 4.78 is 0. The predicted octanol–water partition coefficient (Wildman–Crippen LogP) is 2.88. The largest absolute Gasteiger partial charge is 0.310 e. The number of halogens is 1. The second-order valence-electron chi connectivity index (χ2n) is 6.95. The van der Waals surface area contributed by atoms with Crippen LogP contribution in [0.3, 0.4) is 0 Å². The first-order valence-corrected chi connectivity index (χ1v) is 8.89. The molecule has 0 saturated carbocycles. The van der Waals surface area contributed by atoms with Gasteiger partial charge in [0.05, 0.1) is 22.3 Å². The Hall–Kier alpha value is -2.09. The number of hydrogen-bond donors (Lipinski definition) is 2. The molecule has 8 heteroatoms. The fourth-order valence-corrected chi connectivity index (χ4v) is 4.24. The summed E-state index contributed by atoms with van der Waals surface area (Å²) >= 11 is 6.02. The molecule has 0 radical (unpaired) electrons. The minimum Gasteiger partial charge on any atom is -0.310 e. The minimum atomic E-state index is -0.523. The summed E-state index contributed by atoms with van der Waals surface area (Å²) in [4.78, 5) is 30.6. The highest BCUT2D eigenvalue weighted by Crippen LogP contribution is 2.45. The van der Waals surface area contributed by atoms with E-state index in [2.05, 4.69) is 4.98 Å². The van der Waals surface area contributed by atoms with Crippen LogP contribution in [0.15, 0.2) is 36.7 Å². The first kappa shape index (κ1) is 19.7. The van der Waals surface area contributed by atoms with Gasteiger partial charge in [0, 0.05) is 18.3 Å². The van der Waals surface area contributed by atoms with Crippen LogP contribution in [0, 0.1) is 5.41 Å². The van der Waals surface area contributed by atoms with Crippen molar-refractivity contribution in [2.24, 2.45) is 5.41 Å². The first-order valence-electron chi connectivity index (χ1n) is 8.51. The Morgan fingerprint density at radius 1 is 1.22 bits per heavy atom. The molecule has 0 unspecified atom stereocenters. The van der Waals surface area contributed by atoms with E-state index in [1.54, 1.807) is 41.0 Å². The number of hydroxylamine groups is 1. The van der Waals surface area contributed by atoms with Gasteiger partial charge >= 0.3 is 0 Å². The second kappa shape index (κ2) is 7.50. The van der Waals surface area contributed by atoms with Crippen molar-refractivity contribution in [3.05, 3.63) is 58.4 Å². The van der Waals surface area contributed by atoms with Crippen molar-refractivity contribution < 1.29 is 14.8 Å². The Kier molecular flexibility index (Phi) is 5.46. The van der Waals surface area contributed by atoms with Gasteiger partial charge in [0.2, 0.25) is 5.91 Å². The average molecular weight is 406 g/mol. The van der Waals surface area contributed by atoms with E-state index >= 15 is 0 Å². The SMILES string of the molecule is O=C(NO)c1ccc2c(c1)CC[C@@]1(CCN(c3cncc(Cl)c3)C1=O)C2.S. The van der Waals surface area contributed by atoms with Gasteiger partial charge in [-0.25, -0.2) is 5.48 Å². The van der Waals surface area contributed by atoms with Crippen molar-refractivity contribution in [2.45, 2.75) is 25.7 Å². The number of pyridine rings is 1. The van der Waals surface area contributed by atoms with Crippen molar-refractivity contribution in [3.63, 3.8) is 0 Å². The molecule has 1 spiro atoms. The number of aromatic nitrogens is 1. The zero-order chi connectivity index (χ0) is 18.3. The topological polar surface area (TPSA) is 82.5 Å². The van der Waals surface area contributed by atoms with E-state index in [0.717, 1.165) is 36.1 Å². The highest BCUT2D eigenvalue weighted by molar-refractivity contribution is 7.59. The Morgan fingerprint density at radius 3 is 2.78 bits per heavy atom. The van der Waals surface area contributed by atoms with Crippen LogP contribution < -0.4 is 10.4 Å². The van der Waals surface area contributed by atoms with Crippen LogP contribution in [0.5, 0.6) is 0 Å². The van der Waals surface area contributed by atoms with Crippen molar-refractivity contribution >= 4 is 42.6 Å². The Bertz CT molecular complexity index is 908. The van der Waals surface area contributed by atoms with Crippen molar-refractivity contribution in [3.8, 4) is 0 Å². The number of hydrogen-bond acceptors (Lipinski definition) is 4. The third kappa shape index (κ3) is 3.42. The molecule has 2 amide bonds. The number of nitrogens with zero attached hydrogens (tertiary/aromatic N) is 2. The second-order valence-corrected chi connectivity index (χ2v) is 7.39. The van der Waals surface area contributed by atoms with E-state index in [9.17, 15) is 9.59 Å². The van der Waals surface area contributed by atoms with Gasteiger partial charge in [-0.1, -0.05) is 17.7 Å². The number of rotatable bonds is 2. The van der Waals surface area contributed by atoms with Crippen LogP contribution in [-0.2, 0) is 17.6 Å². The molecule has 4 rings (SSSR count). The Morgan fingerprint density at radius 2 is 2.04 bits per heavy atom. The van der Waals surface area contributed by atoms with E-state index in [1.165, 1.54) is 0 Å². The molecule has 2 aromatic rings. The molecule has 2 aliphatic rings. The predicted molar refractivity (Wildman–Crippen MR) is 107 cm³/mol. The highest BCUT2D eigenvalue weighted by Gasteiger charge is 2.48. The molecular weight excluding hydrogens is 386 g/mol. The number of anilines is 1. The monoisotopic (exact) mass is 405 g/mol. The van der Waals surface area contributed by atoms with Crippen LogP contribution in [-0.4, -0.2) is 28.6 Å². The van der Waals surface area contributed by atoms with Gasteiger partial charge in [0.25, 0.3) is 5.91 Å². The van der Waals surface area contributed by atoms with Crippen LogP contribution in [0.2, 0.25) is 5.02 Å². The molecule has 1 fully saturated rings. The lowest BCUT2D eigenvalue weighted by molar-refractivity contribution is -0.126. The molecule has 6 nitrogen and oxygen atoms in total. The Labute approximate surface area is 168 Å². The van der Waals surface area contributed by atoms with Crippen LogP contribution >= 0.6 is 25.1 Å². The van der Waals surface area contributed by atoms with Gasteiger partial charge in [-0.15, -0.1) is 0 Å². The van der Waals surface area contributed by atoms with Gasteiger partial charge in [-0.05, 0) is 55.0 Å². The molecule has 1 aromatic carbocycles. The zero-order valence-corrected chi connectivity index (χ0v) is 16.3. The standard InChI is InChI=1S/C19H18ClN3O3.H2S/c20-15-8-16(11-21-10-15)23-6-5-19(18(23)25)4-3-12-7-13(17(24)22-26)1-2-14(12)9-19;/h1-2,7-8,10-11,26H,3-6,9H2,(H,22,24);1H2/t19-;/m1./s1. The molecule has 1 aliphatic carbocycles.